The Balaban J connectivity index is 2.04. The number of fused-ring (bicyclic) bond motifs is 1. The first kappa shape index (κ1) is 13.4. The van der Waals surface area contributed by atoms with Crippen LogP contribution in [0.2, 0.25) is 0 Å². The SMILES string of the molecule is O=S(=O)(Nc1c(F)cccc1F)c1nc2ncccn2n1. The van der Waals surface area contributed by atoms with Gasteiger partial charge in [-0.25, -0.2) is 18.3 Å². The van der Waals surface area contributed by atoms with Crippen LogP contribution in [-0.4, -0.2) is 28.0 Å². The third kappa shape index (κ3) is 2.40. The van der Waals surface area contributed by atoms with Crippen LogP contribution in [0.25, 0.3) is 5.78 Å². The molecule has 108 valence electrons. The van der Waals surface area contributed by atoms with E-state index in [-0.39, 0.29) is 5.78 Å². The van der Waals surface area contributed by atoms with E-state index in [2.05, 4.69) is 15.1 Å². The number of aromatic nitrogens is 4. The topological polar surface area (TPSA) is 89.2 Å². The molecule has 0 saturated carbocycles. The van der Waals surface area contributed by atoms with Crippen LogP contribution < -0.4 is 4.72 Å². The molecule has 0 spiro atoms. The van der Waals surface area contributed by atoms with Crippen molar-refractivity contribution in [3.8, 4) is 0 Å². The first-order valence-corrected chi connectivity index (χ1v) is 7.10. The highest BCUT2D eigenvalue weighted by Gasteiger charge is 2.24. The number of nitrogens with one attached hydrogen (secondary N) is 1. The van der Waals surface area contributed by atoms with Gasteiger partial charge in [-0.05, 0) is 18.2 Å². The van der Waals surface area contributed by atoms with Crippen molar-refractivity contribution in [3.05, 3.63) is 48.3 Å². The molecule has 0 aliphatic rings. The van der Waals surface area contributed by atoms with E-state index in [9.17, 15) is 17.2 Å². The number of nitrogens with zero attached hydrogens (tertiary/aromatic N) is 4. The summed E-state index contributed by atoms with van der Waals surface area (Å²) in [5.41, 5.74) is -0.788. The van der Waals surface area contributed by atoms with Gasteiger partial charge in [-0.1, -0.05) is 6.07 Å². The Kier molecular flexibility index (Phi) is 3.01. The molecule has 0 saturated heterocycles. The highest BCUT2D eigenvalue weighted by Crippen LogP contribution is 2.21. The highest BCUT2D eigenvalue weighted by atomic mass is 32.2. The Labute approximate surface area is 117 Å². The van der Waals surface area contributed by atoms with Crippen molar-refractivity contribution in [1.82, 2.24) is 19.6 Å². The summed E-state index contributed by atoms with van der Waals surface area (Å²) in [5.74, 6) is -2.03. The molecule has 7 nitrogen and oxygen atoms in total. The summed E-state index contributed by atoms with van der Waals surface area (Å²) < 4.78 is 54.0. The monoisotopic (exact) mass is 311 g/mol. The number of anilines is 1. The summed E-state index contributed by atoms with van der Waals surface area (Å²) in [7, 11) is -4.33. The number of benzene rings is 1. The zero-order valence-corrected chi connectivity index (χ0v) is 11.1. The van der Waals surface area contributed by atoms with Gasteiger partial charge < -0.3 is 0 Å². The van der Waals surface area contributed by atoms with Crippen LogP contribution in [0, 0.1) is 11.6 Å². The molecule has 21 heavy (non-hydrogen) atoms. The number of halogens is 2. The van der Waals surface area contributed by atoms with E-state index in [0.29, 0.717) is 0 Å². The molecule has 0 aliphatic carbocycles. The third-order valence-electron chi connectivity index (χ3n) is 2.54. The lowest BCUT2D eigenvalue weighted by Crippen LogP contribution is -2.16. The van der Waals surface area contributed by atoms with E-state index in [1.54, 1.807) is 4.72 Å². The van der Waals surface area contributed by atoms with E-state index in [1.807, 2.05) is 0 Å². The van der Waals surface area contributed by atoms with Crippen LogP contribution >= 0.6 is 0 Å². The first-order chi connectivity index (χ1) is 9.97. The number of hydrogen-bond donors (Lipinski definition) is 1. The van der Waals surface area contributed by atoms with Gasteiger partial charge in [0.2, 0.25) is 0 Å². The third-order valence-corrected chi connectivity index (χ3v) is 3.66. The van der Waals surface area contributed by atoms with Gasteiger partial charge in [0.15, 0.2) is 0 Å². The van der Waals surface area contributed by atoms with Crippen molar-refractivity contribution in [2.45, 2.75) is 5.16 Å². The van der Waals surface area contributed by atoms with Crippen molar-refractivity contribution < 1.29 is 17.2 Å². The molecule has 1 N–H and O–H groups in total. The van der Waals surface area contributed by atoms with Crippen molar-refractivity contribution in [3.63, 3.8) is 0 Å². The van der Waals surface area contributed by atoms with Gasteiger partial charge in [0.25, 0.3) is 21.0 Å². The molecule has 0 aliphatic heterocycles. The standard InChI is InChI=1S/C11H7F2N5O2S/c12-7-3-1-4-8(13)9(7)17-21(19,20)11-15-10-14-5-2-6-18(10)16-11/h1-6,17H. The fraction of sp³-hybridized carbons (Fsp3) is 0. The Morgan fingerprint density at radius 2 is 1.86 bits per heavy atom. The summed E-state index contributed by atoms with van der Waals surface area (Å²) in [6, 6.07) is 4.51. The second-order valence-corrected chi connectivity index (χ2v) is 5.54. The molecule has 3 aromatic rings. The van der Waals surface area contributed by atoms with Gasteiger partial charge in [0.1, 0.15) is 17.3 Å². The van der Waals surface area contributed by atoms with Crippen LogP contribution in [0.3, 0.4) is 0 Å². The molecular weight excluding hydrogens is 304 g/mol. The zero-order chi connectivity index (χ0) is 15.0. The van der Waals surface area contributed by atoms with Crippen LogP contribution in [-0.2, 0) is 10.0 Å². The molecular formula is C11H7F2N5O2S. The van der Waals surface area contributed by atoms with Crippen LogP contribution in [0.5, 0.6) is 0 Å². The fourth-order valence-electron chi connectivity index (χ4n) is 1.60. The molecule has 0 atom stereocenters. The smallest absolute Gasteiger partial charge is 0.271 e. The Morgan fingerprint density at radius 1 is 1.14 bits per heavy atom. The summed E-state index contributed by atoms with van der Waals surface area (Å²) in [4.78, 5) is 7.49. The molecule has 0 bridgehead atoms. The minimum Gasteiger partial charge on any atom is -0.271 e. The quantitative estimate of drug-likeness (QED) is 0.785. The maximum Gasteiger partial charge on any atom is 0.299 e. The van der Waals surface area contributed by atoms with E-state index < -0.39 is 32.5 Å². The molecule has 0 unspecified atom stereocenters. The number of hydrogen-bond acceptors (Lipinski definition) is 5. The summed E-state index contributed by atoms with van der Waals surface area (Å²) in [6.07, 6.45) is 2.85. The molecule has 0 amide bonds. The summed E-state index contributed by atoms with van der Waals surface area (Å²) >= 11 is 0. The predicted molar refractivity (Wildman–Crippen MR) is 67.9 cm³/mol. The van der Waals surface area contributed by atoms with Gasteiger partial charge in [-0.15, -0.1) is 5.10 Å². The van der Waals surface area contributed by atoms with E-state index in [0.717, 1.165) is 22.7 Å². The van der Waals surface area contributed by atoms with Gasteiger partial charge in [-0.3, -0.25) is 4.72 Å². The van der Waals surface area contributed by atoms with Gasteiger partial charge in [-0.2, -0.15) is 13.4 Å². The van der Waals surface area contributed by atoms with E-state index in [1.165, 1.54) is 18.5 Å². The van der Waals surface area contributed by atoms with Crippen LogP contribution in [0.4, 0.5) is 14.5 Å². The lowest BCUT2D eigenvalue weighted by molar-refractivity contribution is 0.579. The minimum absolute atomic E-state index is 0.0480. The fourth-order valence-corrected chi connectivity index (χ4v) is 2.56. The molecule has 10 heteroatoms. The van der Waals surface area contributed by atoms with Crippen molar-refractivity contribution in [1.29, 1.82) is 0 Å². The van der Waals surface area contributed by atoms with E-state index in [4.69, 9.17) is 0 Å². The zero-order valence-electron chi connectivity index (χ0n) is 10.2. The molecule has 3 rings (SSSR count). The van der Waals surface area contributed by atoms with Crippen LogP contribution in [0.15, 0.2) is 41.8 Å². The lowest BCUT2D eigenvalue weighted by Gasteiger charge is -2.06. The van der Waals surface area contributed by atoms with Crippen molar-refractivity contribution in [2.24, 2.45) is 0 Å². The number of rotatable bonds is 3. The molecule has 2 aromatic heterocycles. The van der Waals surface area contributed by atoms with Gasteiger partial charge in [0, 0.05) is 12.4 Å². The van der Waals surface area contributed by atoms with Crippen molar-refractivity contribution in [2.75, 3.05) is 4.72 Å². The van der Waals surface area contributed by atoms with Crippen LogP contribution in [0.1, 0.15) is 0 Å². The normalized spacial score (nSPS) is 11.7. The maximum absolute atomic E-state index is 13.5. The average Bonchev–Trinajstić information content (AvgIpc) is 2.88. The lowest BCUT2D eigenvalue weighted by atomic mass is 10.3. The minimum atomic E-state index is -4.33. The van der Waals surface area contributed by atoms with Gasteiger partial charge in [0.05, 0.1) is 0 Å². The second-order valence-electron chi connectivity index (χ2n) is 3.96. The second kappa shape index (κ2) is 4.74. The Morgan fingerprint density at radius 3 is 2.52 bits per heavy atom. The molecule has 0 radical (unpaired) electrons. The average molecular weight is 311 g/mol. The largest absolute Gasteiger partial charge is 0.299 e. The molecule has 2 heterocycles. The Bertz CT molecular complexity index is 872. The Hall–Kier alpha value is -2.62. The van der Waals surface area contributed by atoms with Gasteiger partial charge >= 0.3 is 0 Å². The van der Waals surface area contributed by atoms with E-state index >= 15 is 0 Å². The van der Waals surface area contributed by atoms with Crippen molar-refractivity contribution >= 4 is 21.5 Å². The first-order valence-electron chi connectivity index (χ1n) is 5.61. The summed E-state index contributed by atoms with van der Waals surface area (Å²) in [6.45, 7) is 0. The number of para-hydroxylation sites is 1. The number of sulfonamides is 1. The maximum atomic E-state index is 13.5. The predicted octanol–water partition coefficient (Wildman–Crippen LogP) is 1.20. The highest BCUT2D eigenvalue weighted by molar-refractivity contribution is 7.92. The molecule has 1 aromatic carbocycles. The molecule has 0 fully saturated rings. The summed E-state index contributed by atoms with van der Waals surface area (Å²) in [5, 5.41) is 3.05.